The monoisotopic (exact) mass is 690 g/mol. The van der Waals surface area contributed by atoms with Crippen LogP contribution in [-0.4, -0.2) is 0 Å². The maximum atomic E-state index is 10.2. The zero-order valence-corrected chi connectivity index (χ0v) is 26.9. The van der Waals surface area contributed by atoms with E-state index in [1.807, 2.05) is 0 Å². The predicted octanol–water partition coefficient (Wildman–Crippen LogP) is 14.4. The van der Waals surface area contributed by atoms with Crippen LogP contribution in [0.5, 0.6) is 0 Å². The summed E-state index contributed by atoms with van der Waals surface area (Å²) in [7, 11) is 0. The van der Waals surface area contributed by atoms with Crippen LogP contribution >= 0.6 is 0 Å². The second-order valence-corrected chi connectivity index (χ2v) is 12.6. The van der Waals surface area contributed by atoms with E-state index in [9.17, 15) is 16.4 Å². The van der Waals surface area contributed by atoms with Gasteiger partial charge in [0.15, 0.2) is 0 Å². The number of furan rings is 1. The van der Waals surface area contributed by atoms with Gasteiger partial charge in [-0.15, -0.1) is 0 Å². The molecule has 52 heavy (non-hydrogen) atoms. The predicted molar refractivity (Wildman–Crippen MR) is 220 cm³/mol. The molecule has 0 radical (unpaired) electrons. The van der Waals surface area contributed by atoms with Crippen molar-refractivity contribution in [2.45, 2.75) is 19.3 Å². The van der Waals surface area contributed by atoms with Gasteiger partial charge in [-0.25, -0.2) is 0 Å². The van der Waals surface area contributed by atoms with Gasteiger partial charge in [-0.2, -0.15) is 0 Å². The average Bonchev–Trinajstić information content (AvgIpc) is 4.13. The Kier molecular flexibility index (Phi) is 2.69. The summed E-state index contributed by atoms with van der Waals surface area (Å²) < 4.78 is 262. The van der Waals surface area contributed by atoms with E-state index in [0.29, 0.717) is 0 Å². The lowest BCUT2D eigenvalue weighted by atomic mass is 9.80. The van der Waals surface area contributed by atoms with E-state index in [0.717, 1.165) is 0 Å². The Hall–Kier alpha value is -6.44. The summed E-state index contributed by atoms with van der Waals surface area (Å²) in [6, 6.07) is -23.5. The molecule has 0 saturated heterocycles. The molecule has 0 atom stereocenters. The first kappa shape index (κ1) is 13.0. The summed E-state index contributed by atoms with van der Waals surface area (Å²) in [4.78, 5) is 0. The molecule has 244 valence electrons. The summed E-state index contributed by atoms with van der Waals surface area (Å²) in [6.45, 7) is 2.91. The Morgan fingerprint density at radius 2 is 1.00 bits per heavy atom. The van der Waals surface area contributed by atoms with E-state index in [1.165, 1.54) is 13.8 Å². The highest BCUT2D eigenvalue weighted by Crippen LogP contribution is 2.53. The molecule has 0 N–H and O–H groups in total. The zero-order valence-electron chi connectivity index (χ0n) is 54.9. The molecule has 1 heterocycles. The van der Waals surface area contributed by atoms with Crippen molar-refractivity contribution in [3.8, 4) is 44.5 Å². The van der Waals surface area contributed by atoms with E-state index in [2.05, 4.69) is 0 Å². The third-order valence-electron chi connectivity index (χ3n) is 9.50. The highest BCUT2D eigenvalue weighted by atomic mass is 16.3. The molecule has 0 unspecified atom stereocenters. The molecular formula is C51H34O. The van der Waals surface area contributed by atoms with Crippen LogP contribution in [0.3, 0.4) is 0 Å². The molecule has 0 bridgehead atoms. The molecule has 0 amide bonds. The van der Waals surface area contributed by atoms with Gasteiger partial charge in [-0.1, -0.05) is 159 Å². The molecule has 0 aliphatic heterocycles. The molecule has 0 saturated carbocycles. The van der Waals surface area contributed by atoms with Crippen LogP contribution in [0.15, 0.2) is 174 Å². The Morgan fingerprint density at radius 1 is 0.423 bits per heavy atom. The Bertz CT molecular complexity index is 4600. The lowest BCUT2D eigenvalue weighted by Gasteiger charge is -2.23. The van der Waals surface area contributed by atoms with Crippen molar-refractivity contribution >= 4 is 54.3 Å². The van der Waals surface area contributed by atoms with Gasteiger partial charge in [0.2, 0.25) is 0 Å². The summed E-state index contributed by atoms with van der Waals surface area (Å²) in [5, 5.41) is -4.61. The first-order valence-corrected chi connectivity index (χ1v) is 15.9. The SMILES string of the molecule is [2H]c1c([2H])c([2H])c(-c2c([2H])c([2H])c3c(c2[2H])C(C)(C)c2c([2H])c(-c4c5c([2H])c([2H])c([2H])c([2H])c5c(-c5c([2H])c([2H])c([2H])c6oc7c8c([2H])c([2H])c([2H])c([2H])c8c([2H])c([2H])c7c56)c5c([2H])c([2H])c([2H])c([2H])c45)c([2H])c([2H])c2-3)c([2H])c1[2H]. The molecule has 1 aliphatic rings. The lowest BCUT2D eigenvalue weighted by Crippen LogP contribution is -2.15. The number of hydrogen-bond acceptors (Lipinski definition) is 1. The van der Waals surface area contributed by atoms with Gasteiger partial charge in [-0.3, -0.25) is 0 Å². The van der Waals surface area contributed by atoms with Crippen LogP contribution in [0.4, 0.5) is 0 Å². The van der Waals surface area contributed by atoms with Crippen molar-refractivity contribution in [2.24, 2.45) is 0 Å². The second kappa shape index (κ2) is 10.8. The van der Waals surface area contributed by atoms with Crippen molar-refractivity contribution in [1.82, 2.24) is 0 Å². The molecule has 1 nitrogen and oxygen atoms in total. The van der Waals surface area contributed by atoms with Gasteiger partial charge >= 0.3 is 0 Å². The smallest absolute Gasteiger partial charge is 0.143 e. The molecule has 10 aromatic rings. The van der Waals surface area contributed by atoms with Crippen LogP contribution in [0.1, 0.15) is 63.4 Å². The molecule has 9 aromatic carbocycles. The van der Waals surface area contributed by atoms with E-state index < -0.39 is 262 Å². The van der Waals surface area contributed by atoms with Crippen molar-refractivity contribution in [2.75, 3.05) is 0 Å². The molecule has 0 spiro atoms. The fourth-order valence-corrected chi connectivity index (χ4v) is 7.16. The maximum absolute atomic E-state index is 10.2. The van der Waals surface area contributed by atoms with E-state index in [4.69, 9.17) is 26.3 Å². The van der Waals surface area contributed by atoms with Crippen molar-refractivity contribution < 1.29 is 42.8 Å². The fourth-order valence-electron chi connectivity index (χ4n) is 7.16. The van der Waals surface area contributed by atoms with Gasteiger partial charge in [-0.05, 0) is 107 Å². The Labute approximate surface area is 341 Å². The van der Waals surface area contributed by atoms with Gasteiger partial charge in [0, 0.05) is 21.6 Å². The number of rotatable bonds is 3. The molecule has 0 fully saturated rings. The zero-order chi connectivity index (χ0) is 58.9. The number of fused-ring (bicyclic) bond motifs is 10. The fraction of sp³-hybridized carbons (Fsp3) is 0.0588. The molecule has 1 heteroatoms. The second-order valence-electron chi connectivity index (χ2n) is 12.6. The first-order chi connectivity index (χ1) is 37.2. The minimum Gasteiger partial charge on any atom is -0.455 e. The standard InChI is InChI=1S/C51H34O/c1-51(2)44-29-33(31-13-4-3-5-14-31)24-26-36(44)37-27-25-34(30-45(37)51)47-38-17-8-10-19-40(38)48(41-20-11-9-18-39(41)47)42-21-12-22-46-49(42)43-28-23-32-15-6-7-16-35(32)50(43)52-46/h3-30H,1-2H3/i3D,4D,5D,6D,7D,8D,9D,10D,11D,12D,13D,14D,15D,16D,17D,18D,19D,20D,21D,22D,23D,24D,25D,26D,27D,28D,29D,30D. The molecule has 11 rings (SSSR count). The van der Waals surface area contributed by atoms with Crippen molar-refractivity contribution in [3.63, 3.8) is 0 Å². The highest BCUT2D eigenvalue weighted by molar-refractivity contribution is 6.27. The summed E-state index contributed by atoms with van der Waals surface area (Å²) in [5.74, 6) is 0. The van der Waals surface area contributed by atoms with Crippen molar-refractivity contribution in [3.05, 3.63) is 180 Å². The molecule has 1 aromatic heterocycles. The number of benzene rings is 9. The van der Waals surface area contributed by atoms with Crippen LogP contribution in [0.25, 0.3) is 98.8 Å². The van der Waals surface area contributed by atoms with Crippen LogP contribution in [0.2, 0.25) is 0 Å². The normalized spacial score (nSPS) is 20.9. The van der Waals surface area contributed by atoms with Crippen molar-refractivity contribution in [1.29, 1.82) is 0 Å². The minimum atomic E-state index is -1.75. The van der Waals surface area contributed by atoms with E-state index >= 15 is 0 Å². The van der Waals surface area contributed by atoms with E-state index in [-0.39, 0.29) is 22.3 Å². The number of hydrogen-bond donors (Lipinski definition) is 0. The summed E-state index contributed by atoms with van der Waals surface area (Å²) in [5.41, 5.74) is -7.66. The largest absolute Gasteiger partial charge is 0.455 e. The summed E-state index contributed by atoms with van der Waals surface area (Å²) in [6.07, 6.45) is 0. The topological polar surface area (TPSA) is 13.1 Å². The van der Waals surface area contributed by atoms with E-state index in [1.54, 1.807) is 0 Å². The van der Waals surface area contributed by atoms with Crippen LogP contribution in [-0.2, 0) is 5.41 Å². The highest BCUT2D eigenvalue weighted by Gasteiger charge is 2.36. The molecule has 1 aliphatic carbocycles. The third kappa shape index (κ3) is 4.05. The lowest BCUT2D eigenvalue weighted by molar-refractivity contribution is 0.661. The van der Waals surface area contributed by atoms with Gasteiger partial charge in [0.05, 0.1) is 38.4 Å². The third-order valence-corrected chi connectivity index (χ3v) is 9.50. The average molecular weight is 691 g/mol. The van der Waals surface area contributed by atoms with Gasteiger partial charge in [0.1, 0.15) is 11.2 Å². The van der Waals surface area contributed by atoms with Crippen LogP contribution in [0, 0.1) is 0 Å². The molecular weight excluding hydrogens is 629 g/mol. The Balaban J connectivity index is 1.37. The van der Waals surface area contributed by atoms with Crippen LogP contribution < -0.4 is 0 Å². The minimum absolute atomic E-state index is 0.168. The van der Waals surface area contributed by atoms with Gasteiger partial charge in [0.25, 0.3) is 0 Å². The quantitative estimate of drug-likeness (QED) is 0.168. The maximum Gasteiger partial charge on any atom is 0.143 e. The summed E-state index contributed by atoms with van der Waals surface area (Å²) >= 11 is 0. The first-order valence-electron chi connectivity index (χ1n) is 29.9. The van der Waals surface area contributed by atoms with Gasteiger partial charge < -0.3 is 4.42 Å². The Morgan fingerprint density at radius 3 is 1.69 bits per heavy atom.